The highest BCUT2D eigenvalue weighted by molar-refractivity contribution is 5.59. The van der Waals surface area contributed by atoms with E-state index in [1.165, 1.54) is 6.33 Å². The monoisotopic (exact) mass is 269 g/mol. The second kappa shape index (κ2) is 6.95. The summed E-state index contributed by atoms with van der Waals surface area (Å²) >= 11 is 0. The van der Waals surface area contributed by atoms with Crippen molar-refractivity contribution in [3.05, 3.63) is 36.7 Å². The van der Waals surface area contributed by atoms with Gasteiger partial charge in [0.15, 0.2) is 0 Å². The molecule has 0 bridgehead atoms. The Labute approximate surface area is 117 Å². The van der Waals surface area contributed by atoms with Crippen molar-refractivity contribution in [2.75, 3.05) is 23.8 Å². The smallest absolute Gasteiger partial charge is 0.135 e. The van der Waals surface area contributed by atoms with E-state index in [1.54, 1.807) is 6.07 Å². The lowest BCUT2D eigenvalue weighted by molar-refractivity contribution is 0.340. The van der Waals surface area contributed by atoms with Crippen LogP contribution in [0.3, 0.4) is 0 Å². The fourth-order valence-corrected chi connectivity index (χ4v) is 1.60. The molecule has 0 saturated heterocycles. The lowest BCUT2D eigenvalue weighted by Gasteiger charge is -2.08. The van der Waals surface area contributed by atoms with Gasteiger partial charge in [-0.15, -0.1) is 0 Å². The molecule has 2 N–H and O–H groups in total. The Bertz CT molecular complexity index is 591. The molecule has 1 aromatic heterocycles. The van der Waals surface area contributed by atoms with Gasteiger partial charge in [-0.2, -0.15) is 5.26 Å². The highest BCUT2D eigenvalue weighted by Gasteiger charge is 2.00. The van der Waals surface area contributed by atoms with Crippen LogP contribution in [0.25, 0.3) is 0 Å². The molecule has 0 radical (unpaired) electrons. The van der Waals surface area contributed by atoms with Crippen LogP contribution in [-0.4, -0.2) is 23.1 Å². The van der Waals surface area contributed by atoms with Crippen molar-refractivity contribution in [1.82, 2.24) is 9.97 Å². The number of benzene rings is 1. The third kappa shape index (κ3) is 3.85. The van der Waals surface area contributed by atoms with Gasteiger partial charge in [-0.1, -0.05) is 0 Å². The molecule has 6 heteroatoms. The lowest BCUT2D eigenvalue weighted by atomic mass is 10.3. The van der Waals surface area contributed by atoms with Gasteiger partial charge in [0.2, 0.25) is 0 Å². The summed E-state index contributed by atoms with van der Waals surface area (Å²) < 4.78 is 5.38. The maximum atomic E-state index is 8.52. The van der Waals surface area contributed by atoms with Crippen molar-refractivity contribution in [2.24, 2.45) is 0 Å². The summed E-state index contributed by atoms with van der Waals surface area (Å²) in [5, 5.41) is 14.6. The van der Waals surface area contributed by atoms with Crippen molar-refractivity contribution < 1.29 is 4.74 Å². The Morgan fingerprint density at radius 2 is 1.95 bits per heavy atom. The third-order valence-electron chi connectivity index (χ3n) is 2.45. The summed E-state index contributed by atoms with van der Waals surface area (Å²) in [5.41, 5.74) is 0.901. The van der Waals surface area contributed by atoms with Gasteiger partial charge in [0.05, 0.1) is 12.7 Å². The summed E-state index contributed by atoms with van der Waals surface area (Å²) in [7, 11) is 0. The predicted molar refractivity (Wildman–Crippen MR) is 77.0 cm³/mol. The Morgan fingerprint density at radius 1 is 1.20 bits per heavy atom. The van der Waals surface area contributed by atoms with E-state index < -0.39 is 0 Å². The van der Waals surface area contributed by atoms with Gasteiger partial charge < -0.3 is 15.4 Å². The van der Waals surface area contributed by atoms with E-state index in [2.05, 4.69) is 20.6 Å². The van der Waals surface area contributed by atoms with Crippen LogP contribution in [0.5, 0.6) is 5.75 Å². The average molecular weight is 269 g/mol. The zero-order valence-corrected chi connectivity index (χ0v) is 11.1. The van der Waals surface area contributed by atoms with Gasteiger partial charge in [0, 0.05) is 11.8 Å². The molecule has 2 aromatic rings. The SMILES string of the molecule is CCOc1ccc(Nc2cc(NCC#N)ncn2)cc1. The minimum atomic E-state index is 0.208. The van der Waals surface area contributed by atoms with Gasteiger partial charge >= 0.3 is 0 Å². The van der Waals surface area contributed by atoms with Crippen LogP contribution in [0.1, 0.15) is 6.92 Å². The number of ether oxygens (including phenoxy) is 1. The molecule has 2 rings (SSSR count). The second-order valence-electron chi connectivity index (χ2n) is 3.88. The zero-order chi connectivity index (χ0) is 14.2. The highest BCUT2D eigenvalue weighted by Crippen LogP contribution is 2.19. The van der Waals surface area contributed by atoms with E-state index in [9.17, 15) is 0 Å². The van der Waals surface area contributed by atoms with Crippen molar-refractivity contribution in [3.8, 4) is 11.8 Å². The molecule has 0 aliphatic carbocycles. The van der Waals surface area contributed by atoms with Gasteiger partial charge in [-0.25, -0.2) is 9.97 Å². The molecule has 0 saturated carbocycles. The first-order chi connectivity index (χ1) is 9.81. The molecule has 0 atom stereocenters. The topological polar surface area (TPSA) is 82.9 Å². The van der Waals surface area contributed by atoms with Gasteiger partial charge in [0.25, 0.3) is 0 Å². The molecule has 1 heterocycles. The van der Waals surface area contributed by atoms with Crippen LogP contribution < -0.4 is 15.4 Å². The van der Waals surface area contributed by atoms with E-state index in [4.69, 9.17) is 10.00 Å². The van der Waals surface area contributed by atoms with Crippen LogP contribution in [0.4, 0.5) is 17.3 Å². The molecule has 6 nitrogen and oxygen atoms in total. The number of anilines is 3. The summed E-state index contributed by atoms with van der Waals surface area (Å²) in [6.07, 6.45) is 1.44. The fourth-order valence-electron chi connectivity index (χ4n) is 1.60. The lowest BCUT2D eigenvalue weighted by Crippen LogP contribution is -2.02. The summed E-state index contributed by atoms with van der Waals surface area (Å²) in [5.74, 6) is 2.09. The van der Waals surface area contributed by atoms with Gasteiger partial charge in [0.1, 0.15) is 30.3 Å². The molecule has 0 fully saturated rings. The third-order valence-corrected chi connectivity index (χ3v) is 2.45. The molecule has 1 aromatic carbocycles. The summed E-state index contributed by atoms with van der Waals surface area (Å²) in [6.45, 7) is 2.80. The van der Waals surface area contributed by atoms with Crippen LogP contribution in [0.15, 0.2) is 36.7 Å². The molecule has 20 heavy (non-hydrogen) atoms. The Morgan fingerprint density at radius 3 is 2.65 bits per heavy atom. The normalized spacial score (nSPS) is 9.60. The molecular weight excluding hydrogens is 254 g/mol. The summed E-state index contributed by atoms with van der Waals surface area (Å²) in [6, 6.07) is 11.3. The number of rotatable bonds is 6. The molecule has 0 amide bonds. The largest absolute Gasteiger partial charge is 0.494 e. The van der Waals surface area contributed by atoms with Gasteiger partial charge in [-0.05, 0) is 31.2 Å². The van der Waals surface area contributed by atoms with Crippen LogP contribution >= 0.6 is 0 Å². The van der Waals surface area contributed by atoms with Crippen molar-refractivity contribution in [1.29, 1.82) is 5.26 Å². The number of nitrogens with one attached hydrogen (secondary N) is 2. The first-order valence-electron chi connectivity index (χ1n) is 6.24. The first kappa shape index (κ1) is 13.6. The quantitative estimate of drug-likeness (QED) is 0.784. The number of nitrogens with zero attached hydrogens (tertiary/aromatic N) is 3. The van der Waals surface area contributed by atoms with E-state index in [-0.39, 0.29) is 6.54 Å². The van der Waals surface area contributed by atoms with Crippen molar-refractivity contribution >= 4 is 17.3 Å². The van der Waals surface area contributed by atoms with Crippen LogP contribution in [0, 0.1) is 11.3 Å². The first-order valence-corrected chi connectivity index (χ1v) is 6.24. The molecule has 0 aliphatic heterocycles. The molecule has 102 valence electrons. The maximum absolute atomic E-state index is 8.52. The van der Waals surface area contributed by atoms with E-state index >= 15 is 0 Å². The second-order valence-corrected chi connectivity index (χ2v) is 3.88. The molecule has 0 aliphatic rings. The molecular formula is C14H15N5O. The number of aromatic nitrogens is 2. The van der Waals surface area contributed by atoms with Crippen LogP contribution in [0.2, 0.25) is 0 Å². The minimum absolute atomic E-state index is 0.208. The maximum Gasteiger partial charge on any atom is 0.135 e. The molecule has 0 unspecified atom stereocenters. The predicted octanol–water partition coefficient (Wildman–Crippen LogP) is 2.55. The van der Waals surface area contributed by atoms with Crippen LogP contribution in [-0.2, 0) is 0 Å². The van der Waals surface area contributed by atoms with E-state index in [0.717, 1.165) is 11.4 Å². The van der Waals surface area contributed by atoms with E-state index in [0.29, 0.717) is 18.2 Å². The zero-order valence-electron chi connectivity index (χ0n) is 11.1. The fraction of sp³-hybridized carbons (Fsp3) is 0.214. The Kier molecular flexibility index (Phi) is 4.73. The number of hydrogen-bond acceptors (Lipinski definition) is 6. The average Bonchev–Trinajstić information content (AvgIpc) is 2.48. The Hall–Kier alpha value is -2.81. The van der Waals surface area contributed by atoms with Crippen molar-refractivity contribution in [2.45, 2.75) is 6.92 Å². The number of hydrogen-bond donors (Lipinski definition) is 2. The highest BCUT2D eigenvalue weighted by atomic mass is 16.5. The molecule has 0 spiro atoms. The van der Waals surface area contributed by atoms with Crippen molar-refractivity contribution in [3.63, 3.8) is 0 Å². The van der Waals surface area contributed by atoms with E-state index in [1.807, 2.05) is 37.3 Å². The summed E-state index contributed by atoms with van der Waals surface area (Å²) in [4.78, 5) is 8.15. The standard InChI is InChI=1S/C14H15N5O/c1-2-20-12-5-3-11(4-6-12)19-14-9-13(16-8-7-15)17-10-18-14/h3-6,9-10H,2,8H2,1H3,(H2,16,17,18,19). The Balaban J connectivity index is 2.03. The van der Waals surface area contributed by atoms with Gasteiger partial charge in [-0.3, -0.25) is 0 Å². The minimum Gasteiger partial charge on any atom is -0.494 e. The number of nitriles is 1.